The predicted molar refractivity (Wildman–Crippen MR) is 87.8 cm³/mol. The second kappa shape index (κ2) is 6.16. The SMILES string of the molecule is Cc1ncsc1CN(C)C(=O)C(C)(C)c1cccc(Cl)c1. The van der Waals surface area contributed by atoms with E-state index in [0.29, 0.717) is 11.6 Å². The molecule has 21 heavy (non-hydrogen) atoms. The summed E-state index contributed by atoms with van der Waals surface area (Å²) in [6, 6.07) is 7.48. The van der Waals surface area contributed by atoms with E-state index in [1.165, 1.54) is 0 Å². The van der Waals surface area contributed by atoms with Gasteiger partial charge >= 0.3 is 0 Å². The number of thiazole rings is 1. The highest BCUT2D eigenvalue weighted by molar-refractivity contribution is 7.09. The number of hydrogen-bond donors (Lipinski definition) is 0. The molecule has 0 radical (unpaired) electrons. The highest BCUT2D eigenvalue weighted by Crippen LogP contribution is 2.28. The standard InChI is InChI=1S/C16H19ClN2OS/c1-11-14(21-10-18-11)9-19(4)15(20)16(2,3)12-6-5-7-13(17)8-12/h5-8,10H,9H2,1-4H3. The first-order valence-electron chi connectivity index (χ1n) is 6.73. The largest absolute Gasteiger partial charge is 0.340 e. The lowest BCUT2D eigenvalue weighted by Gasteiger charge is -2.29. The van der Waals surface area contributed by atoms with E-state index in [0.717, 1.165) is 16.1 Å². The lowest BCUT2D eigenvalue weighted by atomic mass is 9.83. The summed E-state index contributed by atoms with van der Waals surface area (Å²) >= 11 is 7.62. The van der Waals surface area contributed by atoms with Crippen molar-refractivity contribution in [1.82, 2.24) is 9.88 Å². The number of rotatable bonds is 4. The van der Waals surface area contributed by atoms with Gasteiger partial charge in [0.1, 0.15) is 0 Å². The molecule has 1 heterocycles. The summed E-state index contributed by atoms with van der Waals surface area (Å²) < 4.78 is 0. The summed E-state index contributed by atoms with van der Waals surface area (Å²) in [5.41, 5.74) is 3.11. The van der Waals surface area contributed by atoms with Gasteiger partial charge in [-0.3, -0.25) is 4.79 Å². The number of nitrogens with zero attached hydrogens (tertiary/aromatic N) is 2. The summed E-state index contributed by atoms with van der Waals surface area (Å²) in [6.45, 7) is 6.40. The van der Waals surface area contributed by atoms with E-state index in [-0.39, 0.29) is 5.91 Å². The molecule has 5 heteroatoms. The monoisotopic (exact) mass is 322 g/mol. The number of halogens is 1. The predicted octanol–water partition coefficient (Wildman–Crippen LogP) is 4.04. The molecule has 0 fully saturated rings. The van der Waals surface area contributed by atoms with Crippen LogP contribution in [0.5, 0.6) is 0 Å². The van der Waals surface area contributed by atoms with E-state index >= 15 is 0 Å². The minimum atomic E-state index is -0.613. The fraction of sp³-hybridized carbons (Fsp3) is 0.375. The number of aromatic nitrogens is 1. The summed E-state index contributed by atoms with van der Waals surface area (Å²) in [5, 5.41) is 0.648. The van der Waals surface area contributed by atoms with Gasteiger partial charge in [0.25, 0.3) is 0 Å². The molecule has 2 rings (SSSR count). The van der Waals surface area contributed by atoms with Crippen LogP contribution in [0.4, 0.5) is 0 Å². The lowest BCUT2D eigenvalue weighted by Crippen LogP contribution is -2.41. The molecule has 0 aliphatic heterocycles. The van der Waals surface area contributed by atoms with Crippen LogP contribution in [-0.2, 0) is 16.8 Å². The van der Waals surface area contributed by atoms with Gasteiger partial charge in [-0.1, -0.05) is 23.7 Å². The maximum atomic E-state index is 12.8. The zero-order valence-corrected chi connectivity index (χ0v) is 14.3. The van der Waals surface area contributed by atoms with Crippen molar-refractivity contribution >= 4 is 28.8 Å². The molecule has 1 aromatic heterocycles. The molecule has 2 aromatic rings. The smallest absolute Gasteiger partial charge is 0.232 e. The molecule has 0 saturated carbocycles. The van der Waals surface area contributed by atoms with Crippen molar-refractivity contribution in [3.05, 3.63) is 50.9 Å². The quantitative estimate of drug-likeness (QED) is 0.851. The molecular formula is C16H19ClN2OS. The highest BCUT2D eigenvalue weighted by atomic mass is 35.5. The van der Waals surface area contributed by atoms with Crippen molar-refractivity contribution < 1.29 is 4.79 Å². The molecule has 0 aliphatic carbocycles. The van der Waals surface area contributed by atoms with E-state index in [9.17, 15) is 4.79 Å². The molecule has 0 spiro atoms. The second-order valence-electron chi connectivity index (χ2n) is 5.66. The molecular weight excluding hydrogens is 304 g/mol. The van der Waals surface area contributed by atoms with Crippen LogP contribution in [0.1, 0.15) is 30.0 Å². The van der Waals surface area contributed by atoms with E-state index < -0.39 is 5.41 Å². The molecule has 0 unspecified atom stereocenters. The minimum Gasteiger partial charge on any atom is -0.340 e. The average molecular weight is 323 g/mol. The molecule has 1 amide bonds. The Bertz CT molecular complexity index is 651. The summed E-state index contributed by atoms with van der Waals surface area (Å²) in [5.74, 6) is 0.0672. The topological polar surface area (TPSA) is 33.2 Å². The van der Waals surface area contributed by atoms with Crippen LogP contribution in [0, 0.1) is 6.92 Å². The first kappa shape index (κ1) is 16.0. The number of likely N-dealkylation sites (N-methyl/N-ethyl adjacent to an activating group) is 1. The van der Waals surface area contributed by atoms with Gasteiger partial charge in [-0.25, -0.2) is 4.98 Å². The van der Waals surface area contributed by atoms with Gasteiger partial charge in [-0.15, -0.1) is 11.3 Å². The van der Waals surface area contributed by atoms with Gasteiger partial charge < -0.3 is 4.90 Å². The maximum Gasteiger partial charge on any atom is 0.232 e. The Balaban J connectivity index is 2.19. The second-order valence-corrected chi connectivity index (χ2v) is 7.03. The van der Waals surface area contributed by atoms with E-state index in [4.69, 9.17) is 11.6 Å². The summed E-state index contributed by atoms with van der Waals surface area (Å²) in [6.07, 6.45) is 0. The van der Waals surface area contributed by atoms with E-state index in [1.54, 1.807) is 16.2 Å². The van der Waals surface area contributed by atoms with Crippen LogP contribution in [-0.4, -0.2) is 22.8 Å². The zero-order valence-electron chi connectivity index (χ0n) is 12.7. The molecule has 112 valence electrons. The minimum absolute atomic E-state index is 0.0672. The highest BCUT2D eigenvalue weighted by Gasteiger charge is 2.32. The van der Waals surface area contributed by atoms with Crippen LogP contribution in [0.15, 0.2) is 29.8 Å². The van der Waals surface area contributed by atoms with Crippen LogP contribution >= 0.6 is 22.9 Å². The van der Waals surface area contributed by atoms with Crippen LogP contribution in [0.3, 0.4) is 0 Å². The Hall–Kier alpha value is -1.39. The Kier molecular flexibility index (Phi) is 4.69. The van der Waals surface area contributed by atoms with Crippen LogP contribution < -0.4 is 0 Å². The number of amides is 1. The third kappa shape index (κ3) is 3.44. The number of carbonyl (C=O) groups excluding carboxylic acids is 1. The van der Waals surface area contributed by atoms with Crippen molar-refractivity contribution in [3.8, 4) is 0 Å². The van der Waals surface area contributed by atoms with Gasteiger partial charge in [0, 0.05) is 16.9 Å². The molecule has 1 aromatic carbocycles. The molecule has 0 atom stereocenters. The molecule has 0 bridgehead atoms. The van der Waals surface area contributed by atoms with Crippen molar-refractivity contribution in [2.75, 3.05) is 7.05 Å². The molecule has 0 aliphatic rings. The van der Waals surface area contributed by atoms with Crippen molar-refractivity contribution in [2.45, 2.75) is 32.7 Å². The van der Waals surface area contributed by atoms with E-state index in [1.807, 2.05) is 57.6 Å². The van der Waals surface area contributed by atoms with Gasteiger partial charge in [0.05, 0.1) is 23.2 Å². The van der Waals surface area contributed by atoms with Gasteiger partial charge in [0.15, 0.2) is 0 Å². The Morgan fingerprint density at radius 3 is 2.71 bits per heavy atom. The van der Waals surface area contributed by atoms with Crippen molar-refractivity contribution in [3.63, 3.8) is 0 Å². The fourth-order valence-electron chi connectivity index (χ4n) is 2.24. The van der Waals surface area contributed by atoms with Crippen molar-refractivity contribution in [1.29, 1.82) is 0 Å². The number of hydrogen-bond acceptors (Lipinski definition) is 3. The number of carbonyl (C=O) groups is 1. The van der Waals surface area contributed by atoms with Gasteiger partial charge in [0.2, 0.25) is 5.91 Å². The molecule has 0 saturated heterocycles. The average Bonchev–Trinajstić information content (AvgIpc) is 2.83. The zero-order chi connectivity index (χ0) is 15.6. The Morgan fingerprint density at radius 2 is 2.14 bits per heavy atom. The maximum absolute atomic E-state index is 12.8. The Labute approximate surface area is 134 Å². The number of benzene rings is 1. The number of aryl methyl sites for hydroxylation is 1. The van der Waals surface area contributed by atoms with Gasteiger partial charge in [-0.05, 0) is 38.5 Å². The Morgan fingerprint density at radius 1 is 1.43 bits per heavy atom. The normalized spacial score (nSPS) is 11.5. The first-order valence-corrected chi connectivity index (χ1v) is 7.98. The third-order valence-electron chi connectivity index (χ3n) is 3.65. The molecule has 3 nitrogen and oxygen atoms in total. The molecule has 0 N–H and O–H groups in total. The van der Waals surface area contributed by atoms with Crippen molar-refractivity contribution in [2.24, 2.45) is 0 Å². The third-order valence-corrected chi connectivity index (χ3v) is 4.81. The van der Waals surface area contributed by atoms with E-state index in [2.05, 4.69) is 4.98 Å². The fourth-order valence-corrected chi connectivity index (χ4v) is 3.26. The van der Waals surface area contributed by atoms with Crippen LogP contribution in [0.2, 0.25) is 5.02 Å². The lowest BCUT2D eigenvalue weighted by molar-refractivity contribution is -0.135. The van der Waals surface area contributed by atoms with Gasteiger partial charge in [-0.2, -0.15) is 0 Å². The first-order chi connectivity index (χ1) is 9.82. The summed E-state index contributed by atoms with van der Waals surface area (Å²) in [7, 11) is 1.83. The summed E-state index contributed by atoms with van der Waals surface area (Å²) in [4.78, 5) is 19.9. The van der Waals surface area contributed by atoms with Crippen LogP contribution in [0.25, 0.3) is 0 Å².